The van der Waals surface area contributed by atoms with Crippen LogP contribution in [0.15, 0.2) is 24.4 Å². The number of aryl methyl sites for hydroxylation is 1. The predicted molar refractivity (Wildman–Crippen MR) is 96.4 cm³/mol. The van der Waals surface area contributed by atoms with E-state index in [9.17, 15) is 18.0 Å². The third-order valence-electron chi connectivity index (χ3n) is 4.27. The van der Waals surface area contributed by atoms with Crippen molar-refractivity contribution in [3.8, 4) is 5.88 Å². The lowest BCUT2D eigenvalue weighted by Gasteiger charge is -2.15. The van der Waals surface area contributed by atoms with Crippen molar-refractivity contribution in [3.63, 3.8) is 0 Å². The number of ether oxygens (including phenoxy) is 3. The maximum atomic E-state index is 12.4. The molecule has 0 aliphatic rings. The minimum Gasteiger partial charge on any atom is -0.434 e. The van der Waals surface area contributed by atoms with Crippen LogP contribution < -0.4 is 4.74 Å². The van der Waals surface area contributed by atoms with Crippen molar-refractivity contribution >= 4 is 28.0 Å². The number of H-pyrrole nitrogens is 1. The number of hydrogen-bond acceptors (Lipinski definition) is 5. The van der Waals surface area contributed by atoms with Crippen LogP contribution in [0.4, 0.5) is 18.0 Å². The average molecular weight is 396 g/mol. The van der Waals surface area contributed by atoms with Gasteiger partial charge in [0.1, 0.15) is 6.61 Å². The van der Waals surface area contributed by atoms with Gasteiger partial charge in [-0.1, -0.05) is 6.07 Å². The highest BCUT2D eigenvalue weighted by atomic mass is 19.4. The number of fused-ring (bicyclic) bond motifs is 3. The van der Waals surface area contributed by atoms with Gasteiger partial charge in [-0.15, -0.1) is 0 Å². The summed E-state index contributed by atoms with van der Waals surface area (Å²) >= 11 is 0. The zero-order chi connectivity index (χ0) is 20.5. The number of aromatic nitrogens is 2. The van der Waals surface area contributed by atoms with Crippen LogP contribution in [-0.4, -0.2) is 35.5 Å². The molecule has 0 saturated heterocycles. The van der Waals surface area contributed by atoms with Gasteiger partial charge in [0.15, 0.2) is 0 Å². The summed E-state index contributed by atoms with van der Waals surface area (Å²) in [5.41, 5.74) is 2.70. The lowest BCUT2D eigenvalue weighted by molar-refractivity contribution is -0.184. The molecule has 0 radical (unpaired) electrons. The zero-order valence-corrected chi connectivity index (χ0v) is 15.5. The Morgan fingerprint density at radius 2 is 2.04 bits per heavy atom. The minimum atomic E-state index is -4.39. The molecule has 3 rings (SSSR count). The lowest BCUT2D eigenvalue weighted by atomic mass is 10.0. The van der Waals surface area contributed by atoms with Gasteiger partial charge in [-0.05, 0) is 38.5 Å². The van der Waals surface area contributed by atoms with Gasteiger partial charge in [-0.2, -0.15) is 13.2 Å². The third kappa shape index (κ3) is 4.19. The van der Waals surface area contributed by atoms with Gasteiger partial charge < -0.3 is 19.2 Å². The van der Waals surface area contributed by atoms with E-state index >= 15 is 0 Å². The first-order chi connectivity index (χ1) is 13.2. The molecule has 0 amide bonds. The number of carbonyl (C=O) groups excluding carboxylic acids is 1. The standard InChI is InChI=1S/C19H19F3N2O4/c1-4-26-18(25)28-17-10(2)16-13-7-12(11(3)27-9-19(20,21)22)5-6-14(13)24-15(16)8-23-17/h5-8,11,24H,4,9H2,1-3H3. The molecule has 0 saturated carbocycles. The minimum absolute atomic E-state index is 0.110. The number of hydrogen-bond donors (Lipinski definition) is 1. The maximum absolute atomic E-state index is 12.4. The number of nitrogens with zero attached hydrogens (tertiary/aromatic N) is 1. The summed E-state index contributed by atoms with van der Waals surface area (Å²) in [7, 11) is 0. The van der Waals surface area contributed by atoms with Gasteiger partial charge in [-0.3, -0.25) is 0 Å². The number of rotatable bonds is 5. The van der Waals surface area contributed by atoms with Gasteiger partial charge in [0.2, 0.25) is 5.88 Å². The van der Waals surface area contributed by atoms with E-state index in [1.54, 1.807) is 39.0 Å². The van der Waals surface area contributed by atoms with Crippen LogP contribution in [0.3, 0.4) is 0 Å². The number of aromatic amines is 1. The van der Waals surface area contributed by atoms with Crippen LogP contribution >= 0.6 is 0 Å². The fourth-order valence-electron chi connectivity index (χ4n) is 2.96. The van der Waals surface area contributed by atoms with Gasteiger partial charge in [-0.25, -0.2) is 9.78 Å². The molecule has 3 aromatic rings. The smallest absolute Gasteiger partial charge is 0.434 e. The van der Waals surface area contributed by atoms with Gasteiger partial charge in [0, 0.05) is 21.9 Å². The van der Waals surface area contributed by atoms with Crippen molar-refractivity contribution in [2.75, 3.05) is 13.2 Å². The molecular formula is C19H19F3N2O4. The van der Waals surface area contributed by atoms with Gasteiger partial charge >= 0.3 is 12.3 Å². The van der Waals surface area contributed by atoms with Crippen molar-refractivity contribution in [1.29, 1.82) is 0 Å². The second-order valence-corrected chi connectivity index (χ2v) is 6.26. The molecule has 2 heterocycles. The van der Waals surface area contributed by atoms with E-state index in [0.29, 0.717) is 16.6 Å². The summed E-state index contributed by atoms with van der Waals surface area (Å²) in [6, 6.07) is 5.23. The van der Waals surface area contributed by atoms with E-state index in [1.165, 1.54) is 6.20 Å². The summed E-state index contributed by atoms with van der Waals surface area (Å²) in [6.45, 7) is 3.82. The molecule has 28 heavy (non-hydrogen) atoms. The van der Waals surface area contributed by atoms with Crippen LogP contribution in [0.1, 0.15) is 31.1 Å². The van der Waals surface area contributed by atoms with E-state index in [2.05, 4.69) is 9.97 Å². The van der Waals surface area contributed by atoms with Crippen molar-refractivity contribution in [1.82, 2.24) is 9.97 Å². The molecule has 1 N–H and O–H groups in total. The number of carbonyl (C=O) groups is 1. The van der Waals surface area contributed by atoms with Crippen LogP contribution in [0, 0.1) is 6.92 Å². The molecule has 9 heteroatoms. The van der Waals surface area contributed by atoms with Crippen molar-refractivity contribution < 1.29 is 32.2 Å². The molecule has 0 aliphatic carbocycles. The van der Waals surface area contributed by atoms with Crippen LogP contribution in [0.5, 0.6) is 5.88 Å². The van der Waals surface area contributed by atoms with Crippen LogP contribution in [0.25, 0.3) is 21.8 Å². The highest BCUT2D eigenvalue weighted by Crippen LogP contribution is 2.34. The Hall–Kier alpha value is -2.81. The van der Waals surface area contributed by atoms with Crippen LogP contribution in [-0.2, 0) is 9.47 Å². The van der Waals surface area contributed by atoms with Crippen LogP contribution in [0.2, 0.25) is 0 Å². The second kappa shape index (κ2) is 7.67. The van der Waals surface area contributed by atoms with Crippen molar-refractivity contribution in [3.05, 3.63) is 35.5 Å². The fourth-order valence-corrected chi connectivity index (χ4v) is 2.96. The SMILES string of the molecule is CCOC(=O)Oc1ncc2[nH]c3ccc(C(C)OCC(F)(F)F)cc3c2c1C. The maximum Gasteiger partial charge on any atom is 0.515 e. The Labute approximate surface area is 158 Å². The Bertz CT molecular complexity index is 1010. The molecule has 6 nitrogen and oxygen atoms in total. The Morgan fingerprint density at radius 1 is 1.29 bits per heavy atom. The molecule has 1 aromatic carbocycles. The number of halogens is 3. The highest BCUT2D eigenvalue weighted by molar-refractivity contribution is 6.09. The van der Waals surface area contributed by atoms with Crippen molar-refractivity contribution in [2.24, 2.45) is 0 Å². The molecule has 150 valence electrons. The summed E-state index contributed by atoms with van der Waals surface area (Å²) in [6.07, 6.45) is -4.46. The van der Waals surface area contributed by atoms with Gasteiger partial charge in [0.25, 0.3) is 0 Å². The summed E-state index contributed by atoms with van der Waals surface area (Å²) in [4.78, 5) is 18.9. The molecule has 1 unspecified atom stereocenters. The molecule has 0 fully saturated rings. The highest BCUT2D eigenvalue weighted by Gasteiger charge is 2.29. The monoisotopic (exact) mass is 396 g/mol. The van der Waals surface area contributed by atoms with E-state index in [1.807, 2.05) is 0 Å². The van der Waals surface area contributed by atoms with E-state index in [4.69, 9.17) is 14.2 Å². The Morgan fingerprint density at radius 3 is 2.71 bits per heavy atom. The summed E-state index contributed by atoms with van der Waals surface area (Å²) < 4.78 is 52.1. The third-order valence-corrected chi connectivity index (χ3v) is 4.27. The molecule has 2 aromatic heterocycles. The average Bonchev–Trinajstić information content (AvgIpc) is 3.00. The normalized spacial score (nSPS) is 13.1. The zero-order valence-electron chi connectivity index (χ0n) is 15.5. The molecular weight excluding hydrogens is 377 g/mol. The Kier molecular flexibility index (Phi) is 5.46. The first-order valence-corrected chi connectivity index (χ1v) is 8.63. The van der Waals surface area contributed by atoms with E-state index < -0.39 is 25.0 Å². The van der Waals surface area contributed by atoms with E-state index in [0.717, 1.165) is 16.3 Å². The second-order valence-electron chi connectivity index (χ2n) is 6.26. The first kappa shape index (κ1) is 19.9. The number of nitrogens with one attached hydrogen (secondary N) is 1. The van der Waals surface area contributed by atoms with Gasteiger partial charge in [0.05, 0.1) is 24.4 Å². The molecule has 1 atom stereocenters. The largest absolute Gasteiger partial charge is 0.515 e. The molecule has 0 spiro atoms. The summed E-state index contributed by atoms with van der Waals surface area (Å²) in [5, 5.41) is 1.53. The number of alkyl halides is 3. The van der Waals surface area contributed by atoms with Crippen molar-refractivity contribution in [2.45, 2.75) is 33.1 Å². The topological polar surface area (TPSA) is 73.4 Å². The number of pyridine rings is 1. The summed E-state index contributed by atoms with van der Waals surface area (Å²) in [5.74, 6) is 0.110. The van der Waals surface area contributed by atoms with E-state index in [-0.39, 0.29) is 12.5 Å². The quantitative estimate of drug-likeness (QED) is 0.600. The lowest BCUT2D eigenvalue weighted by Crippen LogP contribution is -2.18. The predicted octanol–water partition coefficient (Wildman–Crippen LogP) is 5.20. The molecule has 0 bridgehead atoms. The molecule has 0 aliphatic heterocycles. The fraction of sp³-hybridized carbons (Fsp3) is 0.368. The Balaban J connectivity index is 1.99. The number of benzene rings is 1. The first-order valence-electron chi connectivity index (χ1n) is 8.63.